The molecule has 0 heterocycles. The summed E-state index contributed by atoms with van der Waals surface area (Å²) in [4.78, 5) is 54.4. The quantitative estimate of drug-likeness (QED) is 0.165. The van der Waals surface area contributed by atoms with E-state index in [4.69, 9.17) is 14.2 Å². The number of nitrogens with one attached hydrogen (secondary N) is 3. The minimum absolute atomic E-state index is 0.0336. The molecule has 0 saturated heterocycles. The number of rotatable bonds is 7. The van der Waals surface area contributed by atoms with Crippen molar-refractivity contribution in [3.05, 3.63) is 0 Å². The number of aliphatic hydroxyl groups excluding tert-OH is 1. The maximum atomic E-state index is 12.6. The van der Waals surface area contributed by atoms with Crippen molar-refractivity contribution >= 4 is 30.0 Å². The molecule has 1 rings (SSSR count). The van der Waals surface area contributed by atoms with Crippen LogP contribution in [0.4, 0.5) is 9.59 Å². The zero-order valence-corrected chi connectivity index (χ0v) is 24.3. The maximum Gasteiger partial charge on any atom is 0.414 e. The van der Waals surface area contributed by atoms with Crippen LogP contribution in [0, 0.1) is 17.8 Å². The molecule has 0 aliphatic heterocycles. The number of amides is 3. The van der Waals surface area contributed by atoms with E-state index < -0.39 is 59.4 Å². The Labute approximate surface area is 225 Å². The van der Waals surface area contributed by atoms with E-state index in [0.29, 0.717) is 12.8 Å². The van der Waals surface area contributed by atoms with Gasteiger partial charge in [0.05, 0.1) is 25.2 Å². The van der Waals surface area contributed by atoms with Crippen molar-refractivity contribution < 1.29 is 38.5 Å². The van der Waals surface area contributed by atoms with Crippen LogP contribution in [-0.2, 0) is 23.8 Å². The van der Waals surface area contributed by atoms with Crippen LogP contribution < -0.4 is 16.0 Å². The molecule has 218 valence electrons. The zero-order valence-electron chi connectivity index (χ0n) is 24.3. The van der Waals surface area contributed by atoms with Gasteiger partial charge in [0.2, 0.25) is 11.9 Å². The Bertz CT molecular complexity index is 841. The van der Waals surface area contributed by atoms with Crippen LogP contribution in [0.5, 0.6) is 0 Å². The number of aliphatic imine (C=N–C) groups is 1. The number of aliphatic hydroxyl groups is 1. The summed E-state index contributed by atoms with van der Waals surface area (Å²) < 4.78 is 15.5. The Hall–Kier alpha value is -2.89. The Morgan fingerprint density at radius 2 is 1.42 bits per heavy atom. The first kappa shape index (κ1) is 33.1. The van der Waals surface area contributed by atoms with E-state index in [1.54, 1.807) is 41.5 Å². The van der Waals surface area contributed by atoms with Crippen LogP contribution in [0.1, 0.15) is 81.6 Å². The lowest BCUT2D eigenvalue weighted by atomic mass is 9.80. The third-order valence-electron chi connectivity index (χ3n) is 6.13. The molecule has 3 amide bonds. The highest BCUT2D eigenvalue weighted by atomic mass is 16.6. The molecular weight excluding hydrogens is 496 g/mol. The van der Waals surface area contributed by atoms with Gasteiger partial charge in [0, 0.05) is 18.9 Å². The van der Waals surface area contributed by atoms with Crippen molar-refractivity contribution in [2.75, 3.05) is 7.11 Å². The monoisotopic (exact) mass is 542 g/mol. The minimum atomic E-state index is -1.20. The van der Waals surface area contributed by atoms with Gasteiger partial charge in [-0.25, -0.2) is 14.6 Å². The van der Waals surface area contributed by atoms with E-state index >= 15 is 0 Å². The lowest BCUT2D eigenvalue weighted by Gasteiger charge is -2.35. The van der Waals surface area contributed by atoms with E-state index in [0.717, 1.165) is 0 Å². The van der Waals surface area contributed by atoms with E-state index in [1.165, 1.54) is 14.0 Å². The summed E-state index contributed by atoms with van der Waals surface area (Å²) in [5.74, 6) is -2.86. The fraction of sp³-hybridized carbons (Fsp3) is 0.808. The van der Waals surface area contributed by atoms with Gasteiger partial charge in [-0.2, -0.15) is 0 Å². The zero-order chi connectivity index (χ0) is 29.4. The molecule has 1 aliphatic carbocycles. The van der Waals surface area contributed by atoms with Crippen LogP contribution in [0.2, 0.25) is 0 Å². The van der Waals surface area contributed by atoms with Gasteiger partial charge in [-0.15, -0.1) is 0 Å². The van der Waals surface area contributed by atoms with Crippen molar-refractivity contribution in [3.63, 3.8) is 0 Å². The average Bonchev–Trinajstić information content (AvgIpc) is 3.05. The molecule has 38 heavy (non-hydrogen) atoms. The summed E-state index contributed by atoms with van der Waals surface area (Å²) in [6, 6.07) is -1.32. The Balaban J connectivity index is 3.56. The van der Waals surface area contributed by atoms with Gasteiger partial charge >= 0.3 is 18.2 Å². The summed E-state index contributed by atoms with van der Waals surface area (Å²) in [6.07, 6.45) is -1.48. The van der Waals surface area contributed by atoms with Gasteiger partial charge < -0.3 is 24.6 Å². The van der Waals surface area contributed by atoms with E-state index in [-0.39, 0.29) is 24.2 Å². The highest BCUT2D eigenvalue weighted by Crippen LogP contribution is 2.40. The van der Waals surface area contributed by atoms with Crippen LogP contribution in [0.25, 0.3) is 0 Å². The van der Waals surface area contributed by atoms with Gasteiger partial charge in [-0.3, -0.25) is 20.2 Å². The predicted octanol–water partition coefficient (Wildman–Crippen LogP) is 2.87. The molecule has 4 N–H and O–H groups in total. The second-order valence-corrected chi connectivity index (χ2v) is 11.5. The number of hydrogen-bond acceptors (Lipinski definition) is 9. The number of nitrogens with zero attached hydrogens (tertiary/aromatic N) is 1. The van der Waals surface area contributed by atoms with Crippen molar-refractivity contribution in [3.8, 4) is 0 Å². The molecule has 0 aromatic heterocycles. The third-order valence-corrected chi connectivity index (χ3v) is 6.13. The molecule has 1 fully saturated rings. The second-order valence-electron chi connectivity index (χ2n) is 11.5. The molecule has 0 spiro atoms. The largest absolute Gasteiger partial charge is 0.469 e. The topological polar surface area (TPSA) is 165 Å². The van der Waals surface area contributed by atoms with Crippen LogP contribution in [-0.4, -0.2) is 71.6 Å². The molecule has 0 aromatic rings. The smallest absolute Gasteiger partial charge is 0.414 e. The summed E-state index contributed by atoms with van der Waals surface area (Å²) in [5, 5.41) is 19.1. The molecule has 0 radical (unpaired) electrons. The highest BCUT2D eigenvalue weighted by Gasteiger charge is 2.51. The highest BCUT2D eigenvalue weighted by molar-refractivity contribution is 6.01. The molecule has 1 saturated carbocycles. The third kappa shape index (κ3) is 10.5. The van der Waals surface area contributed by atoms with Gasteiger partial charge in [0.1, 0.15) is 11.2 Å². The van der Waals surface area contributed by atoms with Crippen LogP contribution >= 0.6 is 0 Å². The number of ether oxygens (including phenoxy) is 3. The van der Waals surface area contributed by atoms with Crippen molar-refractivity contribution in [2.24, 2.45) is 22.7 Å². The molecule has 0 bridgehead atoms. The lowest BCUT2D eigenvalue weighted by Crippen LogP contribution is -2.52. The van der Waals surface area contributed by atoms with Gasteiger partial charge in [-0.1, -0.05) is 26.7 Å². The van der Waals surface area contributed by atoms with E-state index in [2.05, 4.69) is 20.9 Å². The molecule has 12 heteroatoms. The molecule has 1 aliphatic rings. The SMILES string of the molecule is CCC(CC)C(NC(C)=O)[C@@H]1[C@H](O)[C@@H](C(=O)OC)C[C@H]1N=C(NC(=O)OC(C)(C)C)NC(=O)OC(C)(C)C. The summed E-state index contributed by atoms with van der Waals surface area (Å²) in [6.45, 7) is 15.4. The number of carbonyl (C=O) groups excluding carboxylic acids is 4. The molecule has 12 nitrogen and oxygen atoms in total. The summed E-state index contributed by atoms with van der Waals surface area (Å²) >= 11 is 0. The fourth-order valence-corrected chi connectivity index (χ4v) is 4.65. The Morgan fingerprint density at radius 1 is 0.947 bits per heavy atom. The van der Waals surface area contributed by atoms with Crippen molar-refractivity contribution in [1.82, 2.24) is 16.0 Å². The number of carbonyl (C=O) groups is 4. The van der Waals surface area contributed by atoms with E-state index in [1.807, 2.05) is 13.8 Å². The maximum absolute atomic E-state index is 12.6. The molecule has 0 aromatic carbocycles. The van der Waals surface area contributed by atoms with Crippen molar-refractivity contribution in [1.29, 1.82) is 0 Å². The molecule has 5 atom stereocenters. The normalized spacial score (nSPS) is 22.2. The predicted molar refractivity (Wildman–Crippen MR) is 141 cm³/mol. The van der Waals surface area contributed by atoms with Crippen molar-refractivity contribution in [2.45, 2.75) is 111 Å². The Morgan fingerprint density at radius 3 is 1.79 bits per heavy atom. The van der Waals surface area contributed by atoms with Gasteiger partial charge in [0.25, 0.3) is 0 Å². The summed E-state index contributed by atoms with van der Waals surface area (Å²) in [7, 11) is 1.23. The summed E-state index contributed by atoms with van der Waals surface area (Å²) in [5.41, 5.74) is -1.65. The molecular formula is C26H46N4O8. The number of esters is 1. The lowest BCUT2D eigenvalue weighted by molar-refractivity contribution is -0.149. The Kier molecular flexibility index (Phi) is 12.0. The average molecular weight is 543 g/mol. The standard InChI is InChI=1S/C26H46N4O8/c1-11-15(12-2)19(27-14(3)31)18-17(13-16(20(18)32)21(33)36-10)28-22(29-23(34)37-25(4,5)6)30-24(35)38-26(7,8)9/h15-20,32H,11-13H2,1-10H3,(H,27,31)(H2,28,29,30,34,35)/t16-,17+,18+,19?,20+/m0/s1. The van der Waals surface area contributed by atoms with Crippen LogP contribution in [0.15, 0.2) is 4.99 Å². The van der Waals surface area contributed by atoms with Crippen LogP contribution in [0.3, 0.4) is 0 Å². The molecule has 1 unspecified atom stereocenters. The number of methoxy groups -OCH3 is 1. The first-order valence-electron chi connectivity index (χ1n) is 13.0. The number of alkyl carbamates (subject to hydrolysis) is 2. The van der Waals surface area contributed by atoms with Gasteiger partial charge in [-0.05, 0) is 53.9 Å². The fourth-order valence-electron chi connectivity index (χ4n) is 4.65. The minimum Gasteiger partial charge on any atom is -0.469 e. The van der Waals surface area contributed by atoms with E-state index in [9.17, 15) is 24.3 Å². The number of hydrogen-bond donors (Lipinski definition) is 4. The number of guanidine groups is 1. The van der Waals surface area contributed by atoms with Gasteiger partial charge in [0.15, 0.2) is 0 Å². The second kappa shape index (κ2) is 13.8. The first-order valence-corrected chi connectivity index (χ1v) is 13.0. The first-order chi connectivity index (χ1) is 17.4.